The molecule has 0 heterocycles. The van der Waals surface area contributed by atoms with Crippen molar-refractivity contribution in [2.75, 3.05) is 54.4 Å². The molecule has 0 aromatic carbocycles. The minimum absolute atomic E-state index is 0.411. The van der Waals surface area contributed by atoms with Gasteiger partial charge in [0.1, 0.15) is 0 Å². The van der Waals surface area contributed by atoms with Crippen LogP contribution in [0.4, 0.5) is 0 Å². The zero-order chi connectivity index (χ0) is 13.7. The third kappa shape index (κ3) is 7.60. The fraction of sp³-hybridized carbons (Fsp3) is 0.846. The van der Waals surface area contributed by atoms with Crippen LogP contribution < -0.4 is 0 Å². The summed E-state index contributed by atoms with van der Waals surface area (Å²) in [5, 5.41) is 0. The molecular formula is C13H28Br2N2+2. The summed E-state index contributed by atoms with van der Waals surface area (Å²) in [5.74, 6) is 0. The first-order valence-corrected chi connectivity index (χ1v) is 7.98. The molecule has 1 atom stereocenters. The maximum Gasteiger partial charge on any atom is 0.0980 e. The lowest BCUT2D eigenvalue weighted by atomic mass is 10.3. The van der Waals surface area contributed by atoms with E-state index in [2.05, 4.69) is 80.0 Å². The predicted octanol–water partition coefficient (Wildman–Crippen LogP) is 3.22. The minimum atomic E-state index is 0.411. The molecule has 0 aromatic heterocycles. The molecule has 0 aliphatic carbocycles. The Bertz CT molecular complexity index is 260. The van der Waals surface area contributed by atoms with Crippen LogP contribution in [0.2, 0.25) is 0 Å². The second-order valence-corrected chi connectivity index (χ2v) is 7.95. The molecular weight excluding hydrogens is 344 g/mol. The van der Waals surface area contributed by atoms with Crippen LogP contribution >= 0.6 is 31.9 Å². The monoisotopic (exact) mass is 370 g/mol. The molecule has 0 amide bonds. The summed E-state index contributed by atoms with van der Waals surface area (Å²) in [7, 11) is 9.04. The van der Waals surface area contributed by atoms with Gasteiger partial charge in [0.05, 0.1) is 59.2 Å². The Morgan fingerprint density at radius 2 is 1.53 bits per heavy atom. The van der Waals surface area contributed by atoms with Crippen LogP contribution in [0.1, 0.15) is 13.8 Å². The van der Waals surface area contributed by atoms with Crippen molar-refractivity contribution >= 4 is 31.9 Å². The number of rotatable bonds is 7. The summed E-state index contributed by atoms with van der Waals surface area (Å²) < 4.78 is 3.34. The predicted molar refractivity (Wildman–Crippen MR) is 84.8 cm³/mol. The van der Waals surface area contributed by atoms with E-state index in [1.54, 1.807) is 0 Å². The van der Waals surface area contributed by atoms with Crippen LogP contribution in [-0.4, -0.2) is 68.2 Å². The Morgan fingerprint density at radius 3 is 1.94 bits per heavy atom. The average molecular weight is 372 g/mol. The van der Waals surface area contributed by atoms with E-state index >= 15 is 0 Å². The van der Waals surface area contributed by atoms with E-state index in [-0.39, 0.29) is 0 Å². The largest absolute Gasteiger partial charge is 0.327 e. The summed E-state index contributed by atoms with van der Waals surface area (Å²) in [4.78, 5) is 0.411. The summed E-state index contributed by atoms with van der Waals surface area (Å²) in [6, 6.07) is 0. The number of quaternary nitrogens is 2. The molecule has 17 heavy (non-hydrogen) atoms. The van der Waals surface area contributed by atoms with Gasteiger partial charge in [0.2, 0.25) is 0 Å². The number of nitrogens with zero attached hydrogens (tertiary/aromatic N) is 2. The van der Waals surface area contributed by atoms with E-state index in [0.717, 1.165) is 35.1 Å². The van der Waals surface area contributed by atoms with Gasteiger partial charge >= 0.3 is 0 Å². The van der Waals surface area contributed by atoms with Crippen molar-refractivity contribution in [1.82, 2.24) is 0 Å². The van der Waals surface area contributed by atoms with Crippen molar-refractivity contribution in [3.05, 3.63) is 10.6 Å². The lowest BCUT2D eigenvalue weighted by Crippen LogP contribution is -2.44. The highest BCUT2D eigenvalue weighted by Gasteiger charge is 2.21. The Balaban J connectivity index is 4.40. The van der Waals surface area contributed by atoms with Crippen LogP contribution in [0.5, 0.6) is 0 Å². The van der Waals surface area contributed by atoms with E-state index in [1.807, 2.05) is 0 Å². The van der Waals surface area contributed by atoms with Gasteiger partial charge in [0.25, 0.3) is 0 Å². The summed E-state index contributed by atoms with van der Waals surface area (Å²) in [6.45, 7) is 8.93. The molecule has 0 saturated heterocycles. The third-order valence-corrected chi connectivity index (χ3v) is 5.72. The fourth-order valence-corrected chi connectivity index (χ4v) is 2.50. The molecule has 102 valence electrons. The second kappa shape index (κ2) is 7.27. The molecule has 0 aliphatic heterocycles. The number of likely N-dealkylation sites (N-methyl/N-ethyl adjacent to an activating group) is 1. The van der Waals surface area contributed by atoms with Crippen LogP contribution in [0.25, 0.3) is 0 Å². The third-order valence-electron chi connectivity index (χ3n) is 3.45. The van der Waals surface area contributed by atoms with Gasteiger partial charge in [-0.2, -0.15) is 0 Å². The van der Waals surface area contributed by atoms with Crippen LogP contribution in [-0.2, 0) is 0 Å². The Hall–Kier alpha value is 0.620. The molecule has 0 aromatic rings. The van der Waals surface area contributed by atoms with Gasteiger partial charge in [-0.05, 0) is 19.9 Å². The smallest absolute Gasteiger partial charge is 0.0980 e. The van der Waals surface area contributed by atoms with Gasteiger partial charge in [0, 0.05) is 4.48 Å². The zero-order valence-corrected chi connectivity index (χ0v) is 15.3. The van der Waals surface area contributed by atoms with Gasteiger partial charge in [-0.15, -0.1) is 0 Å². The van der Waals surface area contributed by atoms with Crippen LogP contribution in [0, 0.1) is 0 Å². The van der Waals surface area contributed by atoms with E-state index < -0.39 is 0 Å². The maximum atomic E-state index is 3.77. The van der Waals surface area contributed by atoms with Crippen LogP contribution in [0.15, 0.2) is 10.6 Å². The van der Waals surface area contributed by atoms with Gasteiger partial charge in [-0.1, -0.05) is 31.9 Å². The summed E-state index contributed by atoms with van der Waals surface area (Å²) in [6.07, 6.45) is 2.30. The first-order chi connectivity index (χ1) is 7.63. The van der Waals surface area contributed by atoms with E-state index in [9.17, 15) is 0 Å². The molecule has 4 heteroatoms. The Labute approximate surface area is 124 Å². The van der Waals surface area contributed by atoms with E-state index in [0.29, 0.717) is 4.83 Å². The van der Waals surface area contributed by atoms with Crippen molar-refractivity contribution in [2.45, 2.75) is 18.7 Å². The maximum absolute atomic E-state index is 3.77. The van der Waals surface area contributed by atoms with Crippen LogP contribution in [0.3, 0.4) is 0 Å². The molecule has 0 N–H and O–H groups in total. The first-order valence-electron chi connectivity index (χ1n) is 6.27. The summed E-state index contributed by atoms with van der Waals surface area (Å²) >= 11 is 7.47. The van der Waals surface area contributed by atoms with Crippen molar-refractivity contribution in [3.63, 3.8) is 0 Å². The van der Waals surface area contributed by atoms with E-state index in [1.165, 1.54) is 4.48 Å². The molecule has 2 nitrogen and oxygen atoms in total. The Morgan fingerprint density at radius 1 is 1.06 bits per heavy atom. The highest BCUT2D eigenvalue weighted by Crippen LogP contribution is 2.21. The van der Waals surface area contributed by atoms with Crippen molar-refractivity contribution in [2.24, 2.45) is 0 Å². The first kappa shape index (κ1) is 17.6. The molecule has 0 bridgehead atoms. The average Bonchev–Trinajstić information content (AvgIpc) is 2.25. The van der Waals surface area contributed by atoms with Gasteiger partial charge in [0.15, 0.2) is 0 Å². The fourth-order valence-electron chi connectivity index (χ4n) is 1.24. The van der Waals surface area contributed by atoms with E-state index in [4.69, 9.17) is 0 Å². The number of alkyl halides is 1. The molecule has 0 aliphatic rings. The molecule has 0 rings (SSSR count). The van der Waals surface area contributed by atoms with Crippen molar-refractivity contribution in [1.29, 1.82) is 0 Å². The molecule has 0 radical (unpaired) electrons. The van der Waals surface area contributed by atoms with Crippen molar-refractivity contribution < 1.29 is 8.97 Å². The summed E-state index contributed by atoms with van der Waals surface area (Å²) in [5.41, 5.74) is 0. The quantitative estimate of drug-likeness (QED) is 0.476. The second-order valence-electron chi connectivity index (χ2n) is 5.93. The van der Waals surface area contributed by atoms with Gasteiger partial charge in [-0.25, -0.2) is 0 Å². The number of hydrogen-bond acceptors (Lipinski definition) is 0. The SMILES string of the molecule is CC[N+](C)(C)C/C=C(\Br)C(Br)C[N+](C)(C)CC. The molecule has 0 spiro atoms. The topological polar surface area (TPSA) is 0 Å². The van der Waals surface area contributed by atoms with Gasteiger partial charge < -0.3 is 8.97 Å². The molecule has 0 saturated carbocycles. The number of halogens is 2. The highest BCUT2D eigenvalue weighted by molar-refractivity contribution is 9.14. The normalized spacial score (nSPS) is 16.1. The highest BCUT2D eigenvalue weighted by atomic mass is 79.9. The lowest BCUT2D eigenvalue weighted by molar-refractivity contribution is -0.887. The van der Waals surface area contributed by atoms with Crippen molar-refractivity contribution in [3.8, 4) is 0 Å². The minimum Gasteiger partial charge on any atom is -0.327 e. The Kier molecular flexibility index (Phi) is 7.53. The molecule has 1 unspecified atom stereocenters. The number of hydrogen-bond donors (Lipinski definition) is 0. The standard InChI is InChI=1S/C13H28Br2N2/c1-7-16(3,4)10-9-12(14)13(15)11-17(5,6)8-2/h9,13H,7-8,10-11H2,1-6H3/q+2/b12-9-. The lowest BCUT2D eigenvalue weighted by Gasteiger charge is -2.31. The zero-order valence-electron chi connectivity index (χ0n) is 12.1. The van der Waals surface area contributed by atoms with Gasteiger partial charge in [-0.3, -0.25) is 0 Å². The molecule has 0 fully saturated rings.